The van der Waals surface area contributed by atoms with E-state index in [-0.39, 0.29) is 5.91 Å². The molecule has 0 aliphatic carbocycles. The number of anilines is 1. The topological polar surface area (TPSA) is 53.2 Å². The molecule has 0 saturated carbocycles. The van der Waals surface area contributed by atoms with E-state index in [1.54, 1.807) is 17.4 Å². The third-order valence-corrected chi connectivity index (χ3v) is 5.67. The van der Waals surface area contributed by atoms with Crippen molar-refractivity contribution in [1.82, 2.24) is 10.6 Å². The van der Waals surface area contributed by atoms with Crippen molar-refractivity contribution in [3.63, 3.8) is 0 Å². The molecule has 1 fully saturated rings. The molecule has 1 amide bonds. The Labute approximate surface area is 146 Å². The highest BCUT2D eigenvalue weighted by Crippen LogP contribution is 2.47. The van der Waals surface area contributed by atoms with Gasteiger partial charge in [-0.15, -0.1) is 6.58 Å². The van der Waals surface area contributed by atoms with Crippen molar-refractivity contribution in [2.24, 2.45) is 5.92 Å². The van der Waals surface area contributed by atoms with Crippen LogP contribution in [-0.4, -0.2) is 19.0 Å². The summed E-state index contributed by atoms with van der Waals surface area (Å²) in [5.41, 5.74) is 4.40. The second-order valence-corrected chi connectivity index (χ2v) is 7.14. The average Bonchev–Trinajstić information content (AvgIpc) is 3.30. The van der Waals surface area contributed by atoms with Crippen molar-refractivity contribution in [3.05, 3.63) is 64.4 Å². The third kappa shape index (κ3) is 2.64. The van der Waals surface area contributed by atoms with Crippen LogP contribution in [0.5, 0.6) is 0 Å². The molecule has 1 aromatic carbocycles. The maximum atomic E-state index is 12.2. The molecule has 3 atom stereocenters. The fourth-order valence-corrected chi connectivity index (χ4v) is 4.54. The van der Waals surface area contributed by atoms with Crippen LogP contribution in [0.25, 0.3) is 0 Å². The molecule has 2 aliphatic heterocycles. The van der Waals surface area contributed by atoms with Crippen LogP contribution in [0, 0.1) is 5.92 Å². The summed E-state index contributed by atoms with van der Waals surface area (Å²) >= 11 is 1.74. The number of carbonyl (C=O) groups excluding carboxylic acids is 1. The van der Waals surface area contributed by atoms with Crippen molar-refractivity contribution >= 4 is 22.9 Å². The Morgan fingerprint density at radius 1 is 1.38 bits per heavy atom. The Morgan fingerprint density at radius 3 is 3.08 bits per heavy atom. The molecule has 4 rings (SSSR count). The Hall–Kier alpha value is -2.11. The first-order chi connectivity index (χ1) is 11.8. The molecule has 3 N–H and O–H groups in total. The lowest BCUT2D eigenvalue weighted by molar-refractivity contribution is 0.0958. The van der Waals surface area contributed by atoms with Crippen LogP contribution in [0.1, 0.15) is 40.0 Å². The minimum Gasteiger partial charge on any atom is -0.378 e. The van der Waals surface area contributed by atoms with Crippen LogP contribution >= 0.6 is 11.3 Å². The molecule has 24 heavy (non-hydrogen) atoms. The Kier molecular flexibility index (Phi) is 4.12. The van der Waals surface area contributed by atoms with Crippen molar-refractivity contribution in [3.8, 4) is 0 Å². The molecule has 3 heterocycles. The minimum absolute atomic E-state index is 0.0489. The smallest absolute Gasteiger partial charge is 0.251 e. The number of thiophene rings is 1. The Morgan fingerprint density at radius 2 is 2.29 bits per heavy atom. The second kappa shape index (κ2) is 6.42. The standard InChI is InChI=1S/C19H21N3OS/c1-2-7-21-19(23)12-3-4-16-15(10-12)18-14(5-8-20-18)17(22-16)13-6-9-24-11-13/h2-4,6,9-11,14,17-18,20,22H,1,5,7-8H2,(H,21,23). The van der Waals surface area contributed by atoms with E-state index in [1.165, 1.54) is 11.1 Å². The van der Waals surface area contributed by atoms with Gasteiger partial charge in [-0.1, -0.05) is 6.08 Å². The van der Waals surface area contributed by atoms with Crippen LogP contribution < -0.4 is 16.0 Å². The molecular weight excluding hydrogens is 318 g/mol. The number of rotatable bonds is 4. The van der Waals surface area contributed by atoms with E-state index in [4.69, 9.17) is 0 Å². The number of nitrogens with one attached hydrogen (secondary N) is 3. The molecule has 124 valence electrons. The molecule has 2 aromatic rings. The van der Waals surface area contributed by atoms with E-state index in [2.05, 4.69) is 39.4 Å². The van der Waals surface area contributed by atoms with Gasteiger partial charge in [0.1, 0.15) is 0 Å². The van der Waals surface area contributed by atoms with E-state index in [1.807, 2.05) is 18.2 Å². The van der Waals surface area contributed by atoms with E-state index < -0.39 is 0 Å². The van der Waals surface area contributed by atoms with Crippen LogP contribution in [0.15, 0.2) is 47.7 Å². The van der Waals surface area contributed by atoms with Gasteiger partial charge in [-0.25, -0.2) is 0 Å². The second-order valence-electron chi connectivity index (χ2n) is 6.36. The third-order valence-electron chi connectivity index (χ3n) is 4.97. The SMILES string of the molecule is C=CCNC(=O)c1ccc2c(c1)C1NCCC1C(c1ccsc1)N2. The number of fused-ring (bicyclic) bond motifs is 3. The lowest BCUT2D eigenvalue weighted by atomic mass is 9.80. The fraction of sp³-hybridized carbons (Fsp3) is 0.316. The van der Waals surface area contributed by atoms with Crippen molar-refractivity contribution in [2.45, 2.75) is 18.5 Å². The first kappa shape index (κ1) is 15.4. The zero-order valence-corrected chi connectivity index (χ0v) is 14.2. The number of benzene rings is 1. The van der Waals surface area contributed by atoms with Crippen molar-refractivity contribution < 1.29 is 4.79 Å². The highest BCUT2D eigenvalue weighted by atomic mass is 32.1. The number of hydrogen-bond acceptors (Lipinski definition) is 4. The molecule has 2 aliphatic rings. The largest absolute Gasteiger partial charge is 0.378 e. The van der Waals surface area contributed by atoms with Gasteiger partial charge in [0.15, 0.2) is 0 Å². The first-order valence-corrected chi connectivity index (χ1v) is 9.27. The predicted molar refractivity (Wildman–Crippen MR) is 98.5 cm³/mol. The molecule has 3 unspecified atom stereocenters. The summed E-state index contributed by atoms with van der Waals surface area (Å²) in [4.78, 5) is 12.2. The molecule has 5 heteroatoms. The average molecular weight is 339 g/mol. The maximum Gasteiger partial charge on any atom is 0.251 e. The van der Waals surface area contributed by atoms with Gasteiger partial charge in [-0.3, -0.25) is 4.79 Å². The number of amides is 1. The van der Waals surface area contributed by atoms with Crippen LogP contribution in [0.4, 0.5) is 5.69 Å². The van der Waals surface area contributed by atoms with Crippen LogP contribution in [0.2, 0.25) is 0 Å². The van der Waals surface area contributed by atoms with E-state index in [0.717, 1.165) is 18.7 Å². The maximum absolute atomic E-state index is 12.2. The Bertz CT molecular complexity index is 756. The molecule has 1 aromatic heterocycles. The minimum atomic E-state index is -0.0489. The quantitative estimate of drug-likeness (QED) is 0.748. The van der Waals surface area contributed by atoms with Gasteiger partial charge < -0.3 is 16.0 Å². The monoisotopic (exact) mass is 339 g/mol. The molecule has 0 spiro atoms. The lowest BCUT2D eigenvalue weighted by Gasteiger charge is -2.37. The van der Waals surface area contributed by atoms with Gasteiger partial charge >= 0.3 is 0 Å². The molecular formula is C19H21N3OS. The van der Waals surface area contributed by atoms with E-state index in [0.29, 0.717) is 30.1 Å². The number of hydrogen-bond donors (Lipinski definition) is 3. The molecule has 4 nitrogen and oxygen atoms in total. The van der Waals surface area contributed by atoms with Crippen molar-refractivity contribution in [1.29, 1.82) is 0 Å². The summed E-state index contributed by atoms with van der Waals surface area (Å²) in [6.07, 6.45) is 2.84. The first-order valence-electron chi connectivity index (χ1n) is 8.33. The zero-order chi connectivity index (χ0) is 16.5. The molecule has 0 radical (unpaired) electrons. The zero-order valence-electron chi connectivity index (χ0n) is 13.4. The summed E-state index contributed by atoms with van der Waals surface area (Å²) in [5.74, 6) is 0.464. The van der Waals surface area contributed by atoms with Crippen molar-refractivity contribution in [2.75, 3.05) is 18.4 Å². The van der Waals surface area contributed by atoms with Gasteiger partial charge in [0.25, 0.3) is 5.91 Å². The Balaban J connectivity index is 1.67. The van der Waals surface area contributed by atoms with Gasteiger partial charge in [0.05, 0.1) is 6.04 Å². The van der Waals surface area contributed by atoms with Crippen LogP contribution in [0.3, 0.4) is 0 Å². The summed E-state index contributed by atoms with van der Waals surface area (Å²) in [6.45, 7) is 5.14. The number of carbonyl (C=O) groups is 1. The highest BCUT2D eigenvalue weighted by Gasteiger charge is 2.40. The summed E-state index contributed by atoms with van der Waals surface area (Å²) in [6, 6.07) is 8.81. The predicted octanol–water partition coefficient (Wildman–Crippen LogP) is 3.48. The highest BCUT2D eigenvalue weighted by molar-refractivity contribution is 7.08. The summed E-state index contributed by atoms with van der Waals surface area (Å²) in [7, 11) is 0. The van der Waals surface area contributed by atoms with Crippen LogP contribution in [-0.2, 0) is 0 Å². The van der Waals surface area contributed by atoms with Gasteiger partial charge in [0, 0.05) is 29.8 Å². The fourth-order valence-electron chi connectivity index (χ4n) is 3.84. The van der Waals surface area contributed by atoms with Gasteiger partial charge in [-0.05, 0) is 59.1 Å². The summed E-state index contributed by atoms with van der Waals surface area (Å²) in [5, 5.41) is 14.5. The molecule has 1 saturated heterocycles. The lowest BCUT2D eigenvalue weighted by Crippen LogP contribution is -2.32. The van der Waals surface area contributed by atoms with E-state index >= 15 is 0 Å². The normalized spacial score (nSPS) is 24.6. The molecule has 0 bridgehead atoms. The summed E-state index contributed by atoms with van der Waals surface area (Å²) < 4.78 is 0. The van der Waals surface area contributed by atoms with Gasteiger partial charge in [-0.2, -0.15) is 11.3 Å². The van der Waals surface area contributed by atoms with Gasteiger partial charge in [0.2, 0.25) is 0 Å². The van der Waals surface area contributed by atoms with E-state index in [9.17, 15) is 4.79 Å².